The van der Waals surface area contributed by atoms with Crippen molar-refractivity contribution in [2.75, 3.05) is 19.7 Å². The van der Waals surface area contributed by atoms with Gasteiger partial charge in [-0.05, 0) is 26.7 Å². The van der Waals surface area contributed by atoms with Crippen molar-refractivity contribution < 1.29 is 4.74 Å². The summed E-state index contributed by atoms with van der Waals surface area (Å²) in [5.74, 6) is 0.627. The molecule has 110 valence electrons. The molecule has 1 aromatic heterocycles. The molecule has 0 radical (unpaired) electrons. The van der Waals surface area contributed by atoms with Crippen molar-refractivity contribution in [3.63, 3.8) is 0 Å². The number of hydrogen-bond acceptors (Lipinski definition) is 5. The topological polar surface area (TPSA) is 68.7 Å². The molecule has 2 aliphatic heterocycles. The Morgan fingerprint density at radius 3 is 3.05 bits per heavy atom. The van der Waals surface area contributed by atoms with E-state index in [0.717, 1.165) is 26.0 Å². The monoisotopic (exact) mass is 277 g/mol. The highest BCUT2D eigenvalue weighted by molar-refractivity contribution is 5.80. The summed E-state index contributed by atoms with van der Waals surface area (Å²) in [7, 11) is 0. The van der Waals surface area contributed by atoms with E-state index in [1.54, 1.807) is 0 Å². The normalized spacial score (nSPS) is 26.6. The summed E-state index contributed by atoms with van der Waals surface area (Å²) in [5.41, 5.74) is 7.25. The number of imidazole rings is 1. The van der Waals surface area contributed by atoms with E-state index in [0.29, 0.717) is 18.5 Å². The first-order chi connectivity index (χ1) is 9.66. The van der Waals surface area contributed by atoms with Crippen LogP contribution in [-0.2, 0) is 4.74 Å². The summed E-state index contributed by atoms with van der Waals surface area (Å²) in [6, 6.07) is 0.572. The first-order valence-corrected chi connectivity index (χ1v) is 7.36. The van der Waals surface area contributed by atoms with Crippen LogP contribution in [0.3, 0.4) is 0 Å². The fourth-order valence-corrected chi connectivity index (χ4v) is 3.02. The molecule has 3 heterocycles. The first kappa shape index (κ1) is 13.4. The number of nitrogens with zero attached hydrogens (tertiary/aromatic N) is 4. The largest absolute Gasteiger partial charge is 0.376 e. The van der Waals surface area contributed by atoms with Crippen LogP contribution >= 0.6 is 0 Å². The van der Waals surface area contributed by atoms with Gasteiger partial charge in [0.2, 0.25) is 0 Å². The lowest BCUT2D eigenvalue weighted by Crippen LogP contribution is -2.41. The minimum Gasteiger partial charge on any atom is -0.376 e. The summed E-state index contributed by atoms with van der Waals surface area (Å²) in [5, 5.41) is 0. The number of hydrogen-bond donors (Lipinski definition) is 1. The van der Waals surface area contributed by atoms with E-state index < -0.39 is 0 Å². The molecule has 3 rings (SSSR count). The highest BCUT2D eigenvalue weighted by atomic mass is 16.5. The van der Waals surface area contributed by atoms with Crippen LogP contribution in [0.1, 0.15) is 44.5 Å². The van der Waals surface area contributed by atoms with E-state index in [1.165, 1.54) is 5.69 Å². The van der Waals surface area contributed by atoms with Crippen LogP contribution < -0.4 is 5.73 Å². The van der Waals surface area contributed by atoms with Crippen LogP contribution in [-0.4, -0.2) is 46.2 Å². The summed E-state index contributed by atoms with van der Waals surface area (Å²) < 4.78 is 7.93. The SMILES string of the molecule is CC(C)n1cncc1C1CN=C(N)N1CC1CCCO1. The maximum atomic E-state index is 6.07. The minimum absolute atomic E-state index is 0.184. The van der Waals surface area contributed by atoms with E-state index in [9.17, 15) is 0 Å². The molecule has 0 saturated carbocycles. The van der Waals surface area contributed by atoms with Crippen molar-refractivity contribution in [2.24, 2.45) is 10.7 Å². The average molecular weight is 277 g/mol. The molecule has 0 amide bonds. The van der Waals surface area contributed by atoms with Crippen molar-refractivity contribution in [1.82, 2.24) is 14.5 Å². The second-order valence-electron chi connectivity index (χ2n) is 5.82. The summed E-state index contributed by atoms with van der Waals surface area (Å²) in [6.45, 7) is 6.72. The van der Waals surface area contributed by atoms with Crippen molar-refractivity contribution in [3.05, 3.63) is 18.2 Å². The zero-order chi connectivity index (χ0) is 14.1. The average Bonchev–Trinajstić information content (AvgIpc) is 3.12. The molecule has 2 unspecified atom stereocenters. The van der Waals surface area contributed by atoms with Gasteiger partial charge in [-0.15, -0.1) is 0 Å². The lowest BCUT2D eigenvalue weighted by Gasteiger charge is -2.29. The molecule has 2 aliphatic rings. The predicted octanol–water partition coefficient (Wildman–Crippen LogP) is 1.31. The third-order valence-electron chi connectivity index (χ3n) is 4.11. The number of aliphatic imine (C=N–C) groups is 1. The summed E-state index contributed by atoms with van der Waals surface area (Å²) in [4.78, 5) is 10.9. The van der Waals surface area contributed by atoms with E-state index in [-0.39, 0.29) is 12.1 Å². The molecular formula is C14H23N5O. The van der Waals surface area contributed by atoms with E-state index in [1.807, 2.05) is 12.5 Å². The van der Waals surface area contributed by atoms with Gasteiger partial charge in [0.1, 0.15) is 0 Å². The molecular weight excluding hydrogens is 254 g/mol. The Kier molecular flexibility index (Phi) is 3.65. The molecule has 1 aromatic rings. The second kappa shape index (κ2) is 5.44. The maximum absolute atomic E-state index is 6.07. The molecule has 2 atom stereocenters. The molecule has 6 heteroatoms. The van der Waals surface area contributed by atoms with Gasteiger partial charge in [-0.3, -0.25) is 4.99 Å². The fraction of sp³-hybridized carbons (Fsp3) is 0.714. The maximum Gasteiger partial charge on any atom is 0.192 e. The molecule has 2 N–H and O–H groups in total. The summed E-state index contributed by atoms with van der Waals surface area (Å²) in [6.07, 6.45) is 6.35. The van der Waals surface area contributed by atoms with Gasteiger partial charge in [0.15, 0.2) is 5.96 Å². The van der Waals surface area contributed by atoms with Crippen molar-refractivity contribution >= 4 is 5.96 Å². The van der Waals surface area contributed by atoms with Gasteiger partial charge in [0.25, 0.3) is 0 Å². The lowest BCUT2D eigenvalue weighted by atomic mass is 10.1. The molecule has 0 bridgehead atoms. The van der Waals surface area contributed by atoms with Crippen molar-refractivity contribution in [1.29, 1.82) is 0 Å². The van der Waals surface area contributed by atoms with Gasteiger partial charge in [-0.1, -0.05) is 0 Å². The number of guanidine groups is 1. The van der Waals surface area contributed by atoms with E-state index in [2.05, 4.69) is 33.3 Å². The van der Waals surface area contributed by atoms with Gasteiger partial charge in [-0.25, -0.2) is 4.98 Å². The Bertz CT molecular complexity index is 490. The Labute approximate surface area is 119 Å². The standard InChI is InChI=1S/C14H23N5O/c1-10(2)19-9-16-6-12(19)13-7-17-14(15)18(13)8-11-4-3-5-20-11/h6,9-11,13H,3-5,7-8H2,1-2H3,(H2,15,17). The van der Waals surface area contributed by atoms with Gasteiger partial charge in [-0.2, -0.15) is 0 Å². The van der Waals surface area contributed by atoms with Crippen LogP contribution in [0.2, 0.25) is 0 Å². The van der Waals surface area contributed by atoms with Crippen LogP contribution in [0.4, 0.5) is 0 Å². The van der Waals surface area contributed by atoms with Gasteiger partial charge < -0.3 is 19.9 Å². The van der Waals surface area contributed by atoms with Crippen molar-refractivity contribution in [2.45, 2.75) is 44.9 Å². The van der Waals surface area contributed by atoms with E-state index >= 15 is 0 Å². The molecule has 6 nitrogen and oxygen atoms in total. The number of nitrogens with two attached hydrogens (primary N) is 1. The van der Waals surface area contributed by atoms with Gasteiger partial charge in [0, 0.05) is 19.2 Å². The second-order valence-corrected chi connectivity index (χ2v) is 5.82. The number of aromatic nitrogens is 2. The molecule has 1 saturated heterocycles. The zero-order valence-electron chi connectivity index (χ0n) is 12.2. The zero-order valence-corrected chi connectivity index (χ0v) is 12.2. The van der Waals surface area contributed by atoms with Crippen LogP contribution in [0.5, 0.6) is 0 Å². The van der Waals surface area contributed by atoms with Crippen LogP contribution in [0.25, 0.3) is 0 Å². The Morgan fingerprint density at radius 2 is 2.35 bits per heavy atom. The number of ether oxygens (including phenoxy) is 1. The molecule has 20 heavy (non-hydrogen) atoms. The highest BCUT2D eigenvalue weighted by Gasteiger charge is 2.32. The minimum atomic E-state index is 0.184. The van der Waals surface area contributed by atoms with Crippen LogP contribution in [0.15, 0.2) is 17.5 Å². The molecule has 1 fully saturated rings. The Balaban J connectivity index is 1.79. The Morgan fingerprint density at radius 1 is 1.50 bits per heavy atom. The molecule has 0 spiro atoms. The molecule has 0 aliphatic carbocycles. The van der Waals surface area contributed by atoms with Gasteiger partial charge in [0.05, 0.1) is 36.9 Å². The smallest absolute Gasteiger partial charge is 0.192 e. The third-order valence-corrected chi connectivity index (χ3v) is 4.11. The van der Waals surface area contributed by atoms with Crippen molar-refractivity contribution in [3.8, 4) is 0 Å². The lowest BCUT2D eigenvalue weighted by molar-refractivity contribution is 0.0844. The quantitative estimate of drug-likeness (QED) is 0.901. The highest BCUT2D eigenvalue weighted by Crippen LogP contribution is 2.28. The Hall–Kier alpha value is -1.56. The molecule has 0 aromatic carbocycles. The van der Waals surface area contributed by atoms with Crippen LogP contribution in [0, 0.1) is 0 Å². The van der Waals surface area contributed by atoms with E-state index in [4.69, 9.17) is 10.5 Å². The predicted molar refractivity (Wildman–Crippen MR) is 77.5 cm³/mol. The van der Waals surface area contributed by atoms with Gasteiger partial charge >= 0.3 is 0 Å². The first-order valence-electron chi connectivity index (χ1n) is 7.36. The number of rotatable bonds is 4. The summed E-state index contributed by atoms with van der Waals surface area (Å²) >= 11 is 0. The third kappa shape index (κ3) is 2.40. The fourth-order valence-electron chi connectivity index (χ4n) is 3.02.